The Kier molecular flexibility index (Phi) is 5.45. The van der Waals surface area contributed by atoms with Crippen molar-refractivity contribution < 1.29 is 19.6 Å². The van der Waals surface area contributed by atoms with E-state index in [4.69, 9.17) is 4.74 Å². The van der Waals surface area contributed by atoms with Crippen molar-refractivity contribution >= 4 is 17.8 Å². The number of nitrogens with one attached hydrogen (secondary N) is 1. The van der Waals surface area contributed by atoms with Gasteiger partial charge in [-0.25, -0.2) is 5.43 Å². The van der Waals surface area contributed by atoms with Crippen LogP contribution in [-0.4, -0.2) is 28.8 Å². The van der Waals surface area contributed by atoms with Crippen molar-refractivity contribution in [1.29, 1.82) is 0 Å². The molecule has 0 spiro atoms. The third-order valence-corrected chi connectivity index (χ3v) is 3.05. The lowest BCUT2D eigenvalue weighted by Gasteiger charge is -2.07. The van der Waals surface area contributed by atoms with Gasteiger partial charge in [0.2, 0.25) is 0 Å². The Balaban J connectivity index is 1.90. The summed E-state index contributed by atoms with van der Waals surface area (Å²) < 4.78 is 5.36. The van der Waals surface area contributed by atoms with E-state index in [1.165, 1.54) is 18.3 Å². The van der Waals surface area contributed by atoms with Crippen LogP contribution in [0.3, 0.4) is 0 Å². The molecule has 2 aromatic carbocycles. The Labute approximate surface area is 137 Å². The molecule has 0 aliphatic heterocycles. The van der Waals surface area contributed by atoms with Crippen molar-refractivity contribution in [3.05, 3.63) is 63.7 Å². The number of para-hydroxylation sites is 1. The van der Waals surface area contributed by atoms with E-state index in [-0.39, 0.29) is 6.61 Å². The number of carbonyl (C=O) groups excluding carboxylic acids is 1. The average molecular weight is 329 g/mol. The van der Waals surface area contributed by atoms with Crippen LogP contribution in [0.4, 0.5) is 5.69 Å². The number of nitrogens with zero attached hydrogens (tertiary/aromatic N) is 2. The smallest absolute Gasteiger partial charge is 0.311 e. The number of phenolic OH excluding ortho intramolecular Hbond substituents is 1. The molecule has 0 atom stereocenters. The predicted octanol–water partition coefficient (Wildman–Crippen LogP) is 2.14. The minimum absolute atomic E-state index is 0.210. The number of ether oxygens (including phenoxy) is 1. The molecule has 0 aromatic heterocycles. The summed E-state index contributed by atoms with van der Waals surface area (Å²) in [6.45, 7) is 1.65. The molecule has 0 aliphatic carbocycles. The molecule has 0 radical (unpaired) electrons. The number of carbonyl (C=O) groups is 1. The summed E-state index contributed by atoms with van der Waals surface area (Å²) in [6.07, 6.45) is 1.23. The van der Waals surface area contributed by atoms with Crippen LogP contribution < -0.4 is 10.2 Å². The van der Waals surface area contributed by atoms with E-state index >= 15 is 0 Å². The second-order valence-electron chi connectivity index (χ2n) is 4.85. The van der Waals surface area contributed by atoms with Crippen molar-refractivity contribution in [3.8, 4) is 11.5 Å². The molecule has 2 rings (SSSR count). The third-order valence-electron chi connectivity index (χ3n) is 3.05. The number of hydrogen-bond acceptors (Lipinski definition) is 6. The molecule has 24 heavy (non-hydrogen) atoms. The molecule has 1 amide bonds. The number of nitro benzene ring substituents is 1. The first-order valence-electron chi connectivity index (χ1n) is 6.95. The van der Waals surface area contributed by atoms with Gasteiger partial charge in [0, 0.05) is 11.6 Å². The van der Waals surface area contributed by atoms with Gasteiger partial charge in [-0.3, -0.25) is 14.9 Å². The number of hydrazone groups is 1. The van der Waals surface area contributed by atoms with Crippen LogP contribution in [-0.2, 0) is 4.79 Å². The Hall–Kier alpha value is -3.42. The largest absolute Gasteiger partial charge is 0.502 e. The van der Waals surface area contributed by atoms with E-state index in [2.05, 4.69) is 10.5 Å². The van der Waals surface area contributed by atoms with Gasteiger partial charge in [0.15, 0.2) is 12.4 Å². The van der Waals surface area contributed by atoms with Crippen molar-refractivity contribution in [3.63, 3.8) is 0 Å². The maximum absolute atomic E-state index is 11.6. The second kappa shape index (κ2) is 7.73. The molecule has 0 bridgehead atoms. The minimum atomic E-state index is -0.707. The molecule has 0 saturated carbocycles. The maximum atomic E-state index is 11.6. The Morgan fingerprint density at radius 2 is 2.12 bits per heavy atom. The number of rotatable bonds is 6. The van der Waals surface area contributed by atoms with Crippen LogP contribution in [0, 0.1) is 17.0 Å². The van der Waals surface area contributed by atoms with Crippen LogP contribution in [0.2, 0.25) is 0 Å². The van der Waals surface area contributed by atoms with Crippen molar-refractivity contribution in [2.75, 3.05) is 6.61 Å². The van der Waals surface area contributed by atoms with Gasteiger partial charge >= 0.3 is 5.69 Å². The summed E-state index contributed by atoms with van der Waals surface area (Å²) in [5.74, 6) is -0.304. The van der Waals surface area contributed by atoms with E-state index in [0.29, 0.717) is 11.3 Å². The second-order valence-corrected chi connectivity index (χ2v) is 4.85. The number of benzene rings is 2. The first-order chi connectivity index (χ1) is 11.5. The quantitative estimate of drug-likeness (QED) is 0.479. The number of aromatic hydroxyl groups is 1. The first kappa shape index (κ1) is 16.9. The Morgan fingerprint density at radius 3 is 2.83 bits per heavy atom. The highest BCUT2D eigenvalue weighted by atomic mass is 16.6. The van der Waals surface area contributed by atoms with Gasteiger partial charge in [0.05, 0.1) is 11.1 Å². The highest BCUT2D eigenvalue weighted by Crippen LogP contribution is 2.25. The molecule has 0 aliphatic rings. The molecule has 8 heteroatoms. The lowest BCUT2D eigenvalue weighted by Crippen LogP contribution is -2.24. The fraction of sp³-hybridized carbons (Fsp3) is 0.125. The SMILES string of the molecule is Cc1ccccc1OCC(=O)N/N=C/c1ccc(O)c([N+](=O)[O-])c1. The molecule has 0 fully saturated rings. The molecular weight excluding hydrogens is 314 g/mol. The summed E-state index contributed by atoms with van der Waals surface area (Å²) in [5, 5.41) is 23.8. The summed E-state index contributed by atoms with van der Waals surface area (Å²) >= 11 is 0. The standard InChI is InChI=1S/C16H15N3O5/c1-11-4-2-3-5-15(11)24-10-16(21)18-17-9-12-6-7-14(20)13(8-12)19(22)23/h2-9,20H,10H2,1H3,(H,18,21)/b17-9+. The summed E-state index contributed by atoms with van der Waals surface area (Å²) in [7, 11) is 0. The minimum Gasteiger partial charge on any atom is -0.502 e. The monoisotopic (exact) mass is 329 g/mol. The van der Waals surface area contributed by atoms with E-state index in [9.17, 15) is 20.0 Å². The number of phenols is 1. The average Bonchev–Trinajstić information content (AvgIpc) is 2.55. The summed E-state index contributed by atoms with van der Waals surface area (Å²) in [6, 6.07) is 11.0. The Bertz CT molecular complexity index is 789. The van der Waals surface area contributed by atoms with E-state index in [1.54, 1.807) is 12.1 Å². The molecule has 124 valence electrons. The number of aryl methyl sites for hydroxylation is 1. The van der Waals surface area contributed by atoms with E-state index in [0.717, 1.165) is 11.6 Å². The highest BCUT2D eigenvalue weighted by molar-refractivity contribution is 5.84. The maximum Gasteiger partial charge on any atom is 0.311 e. The molecule has 2 N–H and O–H groups in total. The van der Waals surface area contributed by atoms with Crippen molar-refractivity contribution in [2.45, 2.75) is 6.92 Å². The Morgan fingerprint density at radius 1 is 1.38 bits per heavy atom. The zero-order valence-corrected chi connectivity index (χ0v) is 12.8. The van der Waals surface area contributed by atoms with Gasteiger partial charge in [-0.2, -0.15) is 5.10 Å². The number of hydrogen-bond donors (Lipinski definition) is 2. The fourth-order valence-corrected chi connectivity index (χ4v) is 1.84. The zero-order chi connectivity index (χ0) is 17.5. The molecule has 0 heterocycles. The molecular formula is C16H15N3O5. The molecule has 2 aromatic rings. The van der Waals surface area contributed by atoms with Crippen molar-refractivity contribution in [1.82, 2.24) is 5.43 Å². The fourth-order valence-electron chi connectivity index (χ4n) is 1.84. The van der Waals surface area contributed by atoms with Gasteiger partial charge in [-0.1, -0.05) is 18.2 Å². The summed E-state index contributed by atoms with van der Waals surface area (Å²) in [4.78, 5) is 21.7. The van der Waals surface area contributed by atoms with E-state index < -0.39 is 22.3 Å². The van der Waals surface area contributed by atoms with Gasteiger partial charge in [0.25, 0.3) is 5.91 Å². The molecule has 0 saturated heterocycles. The summed E-state index contributed by atoms with van der Waals surface area (Å²) in [5.41, 5.74) is 3.09. The van der Waals surface area contributed by atoms with Crippen LogP contribution >= 0.6 is 0 Å². The number of nitro groups is 1. The van der Waals surface area contributed by atoms with Crippen LogP contribution in [0.25, 0.3) is 0 Å². The highest BCUT2D eigenvalue weighted by Gasteiger charge is 2.12. The zero-order valence-electron chi connectivity index (χ0n) is 12.8. The predicted molar refractivity (Wildman–Crippen MR) is 87.2 cm³/mol. The first-order valence-corrected chi connectivity index (χ1v) is 6.95. The van der Waals surface area contributed by atoms with Crippen LogP contribution in [0.5, 0.6) is 11.5 Å². The van der Waals surface area contributed by atoms with Crippen LogP contribution in [0.1, 0.15) is 11.1 Å². The lowest BCUT2D eigenvalue weighted by atomic mass is 10.2. The van der Waals surface area contributed by atoms with Gasteiger partial charge in [0.1, 0.15) is 5.75 Å². The topological polar surface area (TPSA) is 114 Å². The molecule has 8 nitrogen and oxygen atoms in total. The van der Waals surface area contributed by atoms with Gasteiger partial charge in [-0.05, 0) is 30.7 Å². The van der Waals surface area contributed by atoms with Gasteiger partial charge in [-0.15, -0.1) is 0 Å². The van der Waals surface area contributed by atoms with Crippen LogP contribution in [0.15, 0.2) is 47.6 Å². The molecule has 0 unspecified atom stereocenters. The van der Waals surface area contributed by atoms with Gasteiger partial charge < -0.3 is 9.84 Å². The third kappa shape index (κ3) is 4.54. The normalized spacial score (nSPS) is 10.5. The number of amides is 1. The van der Waals surface area contributed by atoms with Crippen molar-refractivity contribution in [2.24, 2.45) is 5.10 Å². The lowest BCUT2D eigenvalue weighted by molar-refractivity contribution is -0.385. The van der Waals surface area contributed by atoms with E-state index in [1.807, 2.05) is 19.1 Å².